The van der Waals surface area contributed by atoms with E-state index < -0.39 is 0 Å². The van der Waals surface area contributed by atoms with Gasteiger partial charge in [0, 0.05) is 6.61 Å². The summed E-state index contributed by atoms with van der Waals surface area (Å²) < 4.78 is 5.89. The van der Waals surface area contributed by atoms with Crippen molar-refractivity contribution >= 4 is 0 Å². The van der Waals surface area contributed by atoms with Crippen molar-refractivity contribution < 1.29 is 4.74 Å². The maximum atomic E-state index is 5.89. The Bertz CT molecular complexity index is 232. The molecule has 0 amide bonds. The van der Waals surface area contributed by atoms with E-state index in [1.807, 2.05) is 0 Å². The van der Waals surface area contributed by atoms with Crippen LogP contribution in [0, 0.1) is 17.8 Å². The molecule has 2 rings (SSSR count). The number of rotatable bonds is 5. The summed E-state index contributed by atoms with van der Waals surface area (Å²) in [4.78, 5) is 0. The van der Waals surface area contributed by atoms with Gasteiger partial charge in [0.05, 0.1) is 6.10 Å². The topological polar surface area (TPSA) is 9.23 Å². The molecule has 2 aliphatic rings. The molecule has 0 saturated heterocycles. The molecule has 18 heavy (non-hydrogen) atoms. The zero-order valence-electron chi connectivity index (χ0n) is 12.1. The molecule has 0 aliphatic heterocycles. The molecule has 1 heteroatoms. The monoisotopic (exact) mass is 250 g/mol. The van der Waals surface area contributed by atoms with Crippen molar-refractivity contribution in [2.45, 2.75) is 70.8 Å². The van der Waals surface area contributed by atoms with Gasteiger partial charge in [-0.05, 0) is 75.5 Å². The summed E-state index contributed by atoms with van der Waals surface area (Å²) in [6, 6.07) is 0. The second-order valence-electron chi connectivity index (χ2n) is 6.32. The van der Waals surface area contributed by atoms with Gasteiger partial charge in [0.15, 0.2) is 0 Å². The Morgan fingerprint density at radius 3 is 2.00 bits per heavy atom. The van der Waals surface area contributed by atoms with Crippen LogP contribution < -0.4 is 0 Å². The standard InChI is InChI=1S/C17H30O/c1-3-13-18-17-11-9-16(10-12-17)15-7-5-14(4-2)6-8-15/h4,14-17H,2-3,5-13H2,1H3. The quantitative estimate of drug-likeness (QED) is 0.626. The summed E-state index contributed by atoms with van der Waals surface area (Å²) >= 11 is 0. The normalized spacial score (nSPS) is 37.4. The summed E-state index contributed by atoms with van der Waals surface area (Å²) in [5.74, 6) is 2.82. The first-order valence-corrected chi connectivity index (χ1v) is 8.07. The maximum absolute atomic E-state index is 5.89. The lowest BCUT2D eigenvalue weighted by Crippen LogP contribution is -2.28. The van der Waals surface area contributed by atoms with E-state index in [0.29, 0.717) is 6.10 Å². The van der Waals surface area contributed by atoms with E-state index in [2.05, 4.69) is 19.6 Å². The van der Waals surface area contributed by atoms with Gasteiger partial charge in [0.1, 0.15) is 0 Å². The van der Waals surface area contributed by atoms with Crippen molar-refractivity contribution in [3.05, 3.63) is 12.7 Å². The first kappa shape index (κ1) is 14.1. The van der Waals surface area contributed by atoms with Crippen molar-refractivity contribution in [1.82, 2.24) is 0 Å². The lowest BCUT2D eigenvalue weighted by atomic mass is 9.70. The van der Waals surface area contributed by atoms with Crippen LogP contribution >= 0.6 is 0 Å². The van der Waals surface area contributed by atoms with E-state index in [9.17, 15) is 0 Å². The third-order valence-corrected chi connectivity index (χ3v) is 5.09. The van der Waals surface area contributed by atoms with Crippen LogP contribution in [0.5, 0.6) is 0 Å². The van der Waals surface area contributed by atoms with Gasteiger partial charge in [0.25, 0.3) is 0 Å². The van der Waals surface area contributed by atoms with Gasteiger partial charge in [-0.25, -0.2) is 0 Å². The molecule has 2 aliphatic carbocycles. The first-order chi connectivity index (χ1) is 8.83. The number of hydrogen-bond acceptors (Lipinski definition) is 1. The highest BCUT2D eigenvalue weighted by molar-refractivity contribution is 4.87. The highest BCUT2D eigenvalue weighted by atomic mass is 16.5. The first-order valence-electron chi connectivity index (χ1n) is 8.07. The molecule has 0 bridgehead atoms. The second-order valence-corrected chi connectivity index (χ2v) is 6.32. The van der Waals surface area contributed by atoms with Crippen molar-refractivity contribution in [1.29, 1.82) is 0 Å². The fourth-order valence-electron chi connectivity index (χ4n) is 3.86. The molecule has 0 radical (unpaired) electrons. The summed E-state index contributed by atoms with van der Waals surface area (Å²) in [6.07, 6.45) is 15.0. The minimum absolute atomic E-state index is 0.575. The van der Waals surface area contributed by atoms with Crippen LogP contribution in [0.2, 0.25) is 0 Å². The molecule has 1 nitrogen and oxygen atoms in total. The van der Waals surface area contributed by atoms with E-state index in [1.165, 1.54) is 51.4 Å². The van der Waals surface area contributed by atoms with Crippen LogP contribution in [0.1, 0.15) is 64.7 Å². The van der Waals surface area contributed by atoms with Gasteiger partial charge >= 0.3 is 0 Å². The Hall–Kier alpha value is -0.300. The fraction of sp³-hybridized carbons (Fsp3) is 0.882. The van der Waals surface area contributed by atoms with E-state index in [4.69, 9.17) is 4.74 Å². The largest absolute Gasteiger partial charge is 0.378 e. The van der Waals surface area contributed by atoms with Gasteiger partial charge in [-0.1, -0.05) is 13.0 Å². The molecule has 104 valence electrons. The summed E-state index contributed by atoms with van der Waals surface area (Å²) in [6.45, 7) is 7.10. The molecule has 0 heterocycles. The van der Waals surface area contributed by atoms with E-state index in [0.717, 1.165) is 30.8 Å². The molecule has 0 atom stereocenters. The van der Waals surface area contributed by atoms with Gasteiger partial charge < -0.3 is 4.74 Å². The van der Waals surface area contributed by atoms with Crippen molar-refractivity contribution in [3.8, 4) is 0 Å². The lowest BCUT2D eigenvalue weighted by molar-refractivity contribution is 0.00797. The molecule has 0 aromatic carbocycles. The van der Waals surface area contributed by atoms with Crippen LogP contribution in [0.15, 0.2) is 12.7 Å². The smallest absolute Gasteiger partial charge is 0.0575 e. The predicted octanol–water partition coefficient (Wildman–Crippen LogP) is 4.96. The molecule has 0 N–H and O–H groups in total. The van der Waals surface area contributed by atoms with E-state index in [-0.39, 0.29) is 0 Å². The summed E-state index contributed by atoms with van der Waals surface area (Å²) in [5, 5.41) is 0. The Morgan fingerprint density at radius 1 is 0.944 bits per heavy atom. The molecule has 0 aromatic rings. The molecular weight excluding hydrogens is 220 g/mol. The van der Waals surface area contributed by atoms with Crippen LogP contribution in [0.3, 0.4) is 0 Å². The molecular formula is C17H30O. The molecule has 0 aromatic heterocycles. The third-order valence-electron chi connectivity index (χ3n) is 5.09. The predicted molar refractivity (Wildman–Crippen MR) is 77.6 cm³/mol. The van der Waals surface area contributed by atoms with Crippen molar-refractivity contribution in [2.75, 3.05) is 6.61 Å². The molecule has 2 fully saturated rings. The van der Waals surface area contributed by atoms with Crippen molar-refractivity contribution in [2.24, 2.45) is 17.8 Å². The van der Waals surface area contributed by atoms with Crippen LogP contribution in [-0.2, 0) is 4.74 Å². The minimum Gasteiger partial charge on any atom is -0.378 e. The van der Waals surface area contributed by atoms with Gasteiger partial charge in [-0.2, -0.15) is 0 Å². The molecule has 2 saturated carbocycles. The summed E-state index contributed by atoms with van der Waals surface area (Å²) in [7, 11) is 0. The van der Waals surface area contributed by atoms with Gasteiger partial charge in [-0.3, -0.25) is 0 Å². The minimum atomic E-state index is 0.575. The van der Waals surface area contributed by atoms with Gasteiger partial charge in [0.2, 0.25) is 0 Å². The highest BCUT2D eigenvalue weighted by Crippen LogP contribution is 2.40. The van der Waals surface area contributed by atoms with Gasteiger partial charge in [-0.15, -0.1) is 6.58 Å². The average Bonchev–Trinajstić information content (AvgIpc) is 2.46. The Balaban J connectivity index is 1.68. The number of ether oxygens (including phenoxy) is 1. The van der Waals surface area contributed by atoms with Crippen LogP contribution in [0.25, 0.3) is 0 Å². The Labute approximate surface area is 113 Å². The second kappa shape index (κ2) is 7.33. The van der Waals surface area contributed by atoms with Crippen LogP contribution in [0.4, 0.5) is 0 Å². The average molecular weight is 250 g/mol. The van der Waals surface area contributed by atoms with E-state index in [1.54, 1.807) is 0 Å². The fourth-order valence-corrected chi connectivity index (χ4v) is 3.86. The van der Waals surface area contributed by atoms with E-state index >= 15 is 0 Å². The molecule has 0 unspecified atom stereocenters. The Morgan fingerprint density at radius 2 is 1.50 bits per heavy atom. The molecule has 0 spiro atoms. The van der Waals surface area contributed by atoms with Crippen LogP contribution in [-0.4, -0.2) is 12.7 Å². The zero-order valence-corrected chi connectivity index (χ0v) is 12.1. The number of allylic oxidation sites excluding steroid dienone is 1. The highest BCUT2D eigenvalue weighted by Gasteiger charge is 2.30. The van der Waals surface area contributed by atoms with Crippen molar-refractivity contribution in [3.63, 3.8) is 0 Å². The number of hydrogen-bond donors (Lipinski definition) is 0. The lowest BCUT2D eigenvalue weighted by Gasteiger charge is -2.37. The SMILES string of the molecule is C=CC1CCC(C2CCC(OCCC)CC2)CC1. The third kappa shape index (κ3) is 3.85. The zero-order chi connectivity index (χ0) is 12.8. The Kier molecular flexibility index (Phi) is 5.75. The maximum Gasteiger partial charge on any atom is 0.0575 e. The summed E-state index contributed by atoms with van der Waals surface area (Å²) in [5.41, 5.74) is 0.